The molecule has 5 heteroatoms. The zero-order valence-electron chi connectivity index (χ0n) is 10.9. The van der Waals surface area contributed by atoms with Gasteiger partial charge in [-0.3, -0.25) is 19.9 Å². The number of nitrogens with one attached hydrogen (secondary N) is 2. The summed E-state index contributed by atoms with van der Waals surface area (Å²) in [6, 6.07) is 9.64. The van der Waals surface area contributed by atoms with Gasteiger partial charge in [0.05, 0.1) is 11.6 Å². The number of carbonyl (C=O) groups is 2. The second-order valence-electron chi connectivity index (χ2n) is 4.92. The third kappa shape index (κ3) is 2.67. The third-order valence-electron chi connectivity index (χ3n) is 3.46. The number of benzene rings is 1. The van der Waals surface area contributed by atoms with Crippen molar-refractivity contribution in [2.24, 2.45) is 0 Å². The number of rotatable bonds is 3. The molecule has 1 atom stereocenters. The zero-order chi connectivity index (χ0) is 13.9. The maximum atomic E-state index is 11.6. The highest BCUT2D eigenvalue weighted by Gasteiger charge is 2.25. The molecule has 2 heterocycles. The molecule has 0 spiro atoms. The fourth-order valence-electron chi connectivity index (χ4n) is 2.36. The van der Waals surface area contributed by atoms with Crippen LogP contribution < -0.4 is 10.6 Å². The van der Waals surface area contributed by atoms with Crippen LogP contribution in [0.2, 0.25) is 0 Å². The molecule has 3 rings (SSSR count). The van der Waals surface area contributed by atoms with E-state index in [0.29, 0.717) is 19.4 Å². The van der Waals surface area contributed by atoms with E-state index in [1.54, 1.807) is 6.20 Å². The number of pyridine rings is 1. The number of hydrogen-bond acceptors (Lipinski definition) is 4. The number of fused-ring (bicyclic) bond motifs is 1. The highest BCUT2D eigenvalue weighted by molar-refractivity contribution is 6.00. The molecular weight excluding hydrogens is 254 g/mol. The predicted octanol–water partition coefficient (Wildman–Crippen LogP) is 1.13. The van der Waals surface area contributed by atoms with Gasteiger partial charge in [-0.25, -0.2) is 0 Å². The molecule has 0 bridgehead atoms. The summed E-state index contributed by atoms with van der Waals surface area (Å²) in [4.78, 5) is 27.0. The fraction of sp³-hybridized carbons (Fsp3) is 0.267. The van der Waals surface area contributed by atoms with Gasteiger partial charge in [-0.1, -0.05) is 12.1 Å². The van der Waals surface area contributed by atoms with Crippen molar-refractivity contribution >= 4 is 22.7 Å². The number of imide groups is 1. The van der Waals surface area contributed by atoms with Gasteiger partial charge in [0.25, 0.3) is 0 Å². The van der Waals surface area contributed by atoms with Crippen LogP contribution in [0.4, 0.5) is 0 Å². The minimum atomic E-state index is -0.294. The lowest BCUT2D eigenvalue weighted by atomic mass is 10.1. The Kier molecular flexibility index (Phi) is 3.43. The minimum absolute atomic E-state index is 0.190. The highest BCUT2D eigenvalue weighted by atomic mass is 16.2. The monoisotopic (exact) mass is 269 g/mol. The first kappa shape index (κ1) is 12.7. The summed E-state index contributed by atoms with van der Waals surface area (Å²) >= 11 is 0. The van der Waals surface area contributed by atoms with E-state index in [1.807, 2.05) is 24.3 Å². The van der Waals surface area contributed by atoms with Gasteiger partial charge in [0.2, 0.25) is 11.8 Å². The Morgan fingerprint density at radius 2 is 2.20 bits per heavy atom. The van der Waals surface area contributed by atoms with Crippen LogP contribution in [0, 0.1) is 0 Å². The molecule has 1 fully saturated rings. The van der Waals surface area contributed by atoms with Crippen molar-refractivity contribution in [2.45, 2.75) is 25.4 Å². The van der Waals surface area contributed by atoms with E-state index in [0.717, 1.165) is 16.5 Å². The van der Waals surface area contributed by atoms with Gasteiger partial charge in [-0.15, -0.1) is 0 Å². The van der Waals surface area contributed by atoms with E-state index >= 15 is 0 Å². The Bertz CT molecular complexity index is 669. The van der Waals surface area contributed by atoms with Gasteiger partial charge in [0.15, 0.2) is 0 Å². The predicted molar refractivity (Wildman–Crippen MR) is 74.8 cm³/mol. The van der Waals surface area contributed by atoms with E-state index in [2.05, 4.69) is 21.7 Å². The van der Waals surface area contributed by atoms with Crippen LogP contribution in [0.3, 0.4) is 0 Å². The van der Waals surface area contributed by atoms with E-state index in [4.69, 9.17) is 0 Å². The Morgan fingerprint density at radius 1 is 1.30 bits per heavy atom. The van der Waals surface area contributed by atoms with Gasteiger partial charge in [-0.05, 0) is 30.2 Å². The van der Waals surface area contributed by atoms with Crippen molar-refractivity contribution in [1.29, 1.82) is 0 Å². The molecule has 1 aromatic carbocycles. The van der Waals surface area contributed by atoms with E-state index in [-0.39, 0.29) is 17.9 Å². The summed E-state index contributed by atoms with van der Waals surface area (Å²) in [6.45, 7) is 0.594. The number of aromatic nitrogens is 1. The number of carbonyl (C=O) groups excluding carboxylic acids is 2. The van der Waals surface area contributed by atoms with Crippen molar-refractivity contribution in [3.8, 4) is 0 Å². The molecular formula is C15H15N3O2. The molecule has 0 radical (unpaired) electrons. The number of hydrogen-bond donors (Lipinski definition) is 2. The van der Waals surface area contributed by atoms with Gasteiger partial charge in [0, 0.05) is 24.5 Å². The van der Waals surface area contributed by atoms with Gasteiger partial charge >= 0.3 is 0 Å². The van der Waals surface area contributed by atoms with E-state index < -0.39 is 0 Å². The lowest BCUT2D eigenvalue weighted by Crippen LogP contribution is -2.50. The first-order chi connectivity index (χ1) is 9.72. The van der Waals surface area contributed by atoms with Crippen molar-refractivity contribution in [3.63, 3.8) is 0 Å². The van der Waals surface area contributed by atoms with Crippen LogP contribution >= 0.6 is 0 Å². The summed E-state index contributed by atoms with van der Waals surface area (Å²) in [5, 5.41) is 6.61. The molecule has 1 aliphatic heterocycles. The second kappa shape index (κ2) is 5.38. The normalized spacial score (nSPS) is 19.1. The molecule has 102 valence electrons. The summed E-state index contributed by atoms with van der Waals surface area (Å²) < 4.78 is 0. The Morgan fingerprint density at radius 3 is 3.05 bits per heavy atom. The van der Waals surface area contributed by atoms with Crippen LogP contribution in [-0.4, -0.2) is 22.8 Å². The van der Waals surface area contributed by atoms with Gasteiger partial charge in [0.1, 0.15) is 0 Å². The molecule has 1 aliphatic rings. The Hall–Kier alpha value is -2.27. The quantitative estimate of drug-likeness (QED) is 0.819. The molecule has 5 nitrogen and oxygen atoms in total. The Labute approximate surface area is 116 Å². The SMILES string of the molecule is O=C1CCC(NCc2ccc3ncccc3c2)C(=O)N1. The first-order valence-electron chi connectivity index (χ1n) is 6.63. The third-order valence-corrected chi connectivity index (χ3v) is 3.46. The van der Waals surface area contributed by atoms with E-state index in [9.17, 15) is 9.59 Å². The molecule has 1 unspecified atom stereocenters. The lowest BCUT2D eigenvalue weighted by molar-refractivity contribution is -0.134. The van der Waals surface area contributed by atoms with Crippen LogP contribution in [0.25, 0.3) is 10.9 Å². The maximum Gasteiger partial charge on any atom is 0.243 e. The fourth-order valence-corrected chi connectivity index (χ4v) is 2.36. The summed E-state index contributed by atoms with van der Waals surface area (Å²) in [5.74, 6) is -0.423. The summed E-state index contributed by atoms with van der Waals surface area (Å²) in [7, 11) is 0. The maximum absolute atomic E-state index is 11.6. The molecule has 1 saturated heterocycles. The van der Waals surface area contributed by atoms with Gasteiger partial charge < -0.3 is 5.32 Å². The number of piperidine rings is 1. The van der Waals surface area contributed by atoms with Crippen molar-refractivity contribution in [2.75, 3.05) is 0 Å². The zero-order valence-corrected chi connectivity index (χ0v) is 10.9. The average molecular weight is 269 g/mol. The molecule has 1 aromatic heterocycles. The summed E-state index contributed by atoms with van der Waals surface area (Å²) in [5.41, 5.74) is 2.05. The van der Waals surface area contributed by atoms with Crippen LogP contribution in [-0.2, 0) is 16.1 Å². The largest absolute Gasteiger partial charge is 0.302 e. The number of amides is 2. The first-order valence-corrected chi connectivity index (χ1v) is 6.63. The molecule has 0 saturated carbocycles. The van der Waals surface area contributed by atoms with Crippen LogP contribution in [0.15, 0.2) is 36.5 Å². The molecule has 2 N–H and O–H groups in total. The smallest absolute Gasteiger partial charge is 0.243 e. The van der Waals surface area contributed by atoms with Crippen molar-refractivity contribution < 1.29 is 9.59 Å². The highest BCUT2D eigenvalue weighted by Crippen LogP contribution is 2.14. The number of nitrogens with zero attached hydrogens (tertiary/aromatic N) is 1. The lowest BCUT2D eigenvalue weighted by Gasteiger charge is -2.21. The topological polar surface area (TPSA) is 71.1 Å². The molecule has 2 amide bonds. The standard InChI is InChI=1S/C15H15N3O2/c19-14-6-5-13(15(20)18-14)17-9-10-3-4-12-11(8-10)2-1-7-16-12/h1-4,7-8,13,17H,5-6,9H2,(H,18,19,20). The average Bonchev–Trinajstić information content (AvgIpc) is 2.46. The van der Waals surface area contributed by atoms with Crippen molar-refractivity contribution in [3.05, 3.63) is 42.1 Å². The van der Waals surface area contributed by atoms with E-state index in [1.165, 1.54) is 0 Å². The minimum Gasteiger partial charge on any atom is -0.302 e. The van der Waals surface area contributed by atoms with Crippen molar-refractivity contribution in [1.82, 2.24) is 15.6 Å². The van der Waals surface area contributed by atoms with Gasteiger partial charge in [-0.2, -0.15) is 0 Å². The van der Waals surface area contributed by atoms with Crippen LogP contribution in [0.1, 0.15) is 18.4 Å². The molecule has 20 heavy (non-hydrogen) atoms. The molecule has 2 aromatic rings. The molecule has 0 aliphatic carbocycles. The Balaban J connectivity index is 1.67. The summed E-state index contributed by atoms with van der Waals surface area (Å²) in [6.07, 6.45) is 2.72. The van der Waals surface area contributed by atoms with Crippen LogP contribution in [0.5, 0.6) is 0 Å². The second-order valence-corrected chi connectivity index (χ2v) is 4.92.